The number of nitrogens with two attached hydrogens (primary N) is 1. The van der Waals surface area contributed by atoms with Gasteiger partial charge < -0.3 is 15.2 Å². The van der Waals surface area contributed by atoms with Crippen molar-refractivity contribution in [3.8, 4) is 11.8 Å². The highest BCUT2D eigenvalue weighted by atomic mass is 16.5. The van der Waals surface area contributed by atoms with Crippen molar-refractivity contribution in [2.45, 2.75) is 13.8 Å². The Balaban J connectivity index is 2.76. The summed E-state index contributed by atoms with van der Waals surface area (Å²) in [5.74, 6) is 1.15. The molecule has 0 aromatic carbocycles. The van der Waals surface area contributed by atoms with Crippen LogP contribution < -0.4 is 15.2 Å². The number of anilines is 1. The SMILES string of the molecule is COc1ncnc(OCC(C)C)c1N. The molecule has 0 radical (unpaired) electrons. The van der Waals surface area contributed by atoms with Gasteiger partial charge in [0, 0.05) is 0 Å². The molecule has 0 aliphatic rings. The smallest absolute Gasteiger partial charge is 0.244 e. The number of nitrogens with zero attached hydrogens (tertiary/aromatic N) is 2. The molecule has 1 rings (SSSR count). The Morgan fingerprint density at radius 2 is 2.00 bits per heavy atom. The van der Waals surface area contributed by atoms with E-state index in [9.17, 15) is 0 Å². The average Bonchev–Trinajstić information content (AvgIpc) is 2.16. The van der Waals surface area contributed by atoms with Crippen LogP contribution in [0, 0.1) is 5.92 Å². The van der Waals surface area contributed by atoms with Gasteiger partial charge in [-0.2, -0.15) is 9.97 Å². The van der Waals surface area contributed by atoms with Gasteiger partial charge in [-0.15, -0.1) is 0 Å². The lowest BCUT2D eigenvalue weighted by molar-refractivity contribution is 0.260. The van der Waals surface area contributed by atoms with E-state index in [0.717, 1.165) is 0 Å². The van der Waals surface area contributed by atoms with Crippen LogP contribution in [0.1, 0.15) is 13.8 Å². The molecule has 14 heavy (non-hydrogen) atoms. The average molecular weight is 197 g/mol. The Hall–Kier alpha value is -1.52. The summed E-state index contributed by atoms with van der Waals surface area (Å²) in [6.45, 7) is 4.67. The minimum Gasteiger partial charge on any atom is -0.479 e. The second kappa shape index (κ2) is 4.64. The summed E-state index contributed by atoms with van der Waals surface area (Å²) in [4.78, 5) is 7.77. The summed E-state index contributed by atoms with van der Waals surface area (Å²) >= 11 is 0. The van der Waals surface area contributed by atoms with Gasteiger partial charge in [-0.1, -0.05) is 13.8 Å². The normalized spacial score (nSPS) is 10.3. The second-order valence-electron chi connectivity index (χ2n) is 3.31. The second-order valence-corrected chi connectivity index (χ2v) is 3.31. The van der Waals surface area contributed by atoms with Crippen molar-refractivity contribution in [1.29, 1.82) is 0 Å². The van der Waals surface area contributed by atoms with Crippen LogP contribution in [0.3, 0.4) is 0 Å². The molecule has 0 amide bonds. The highest BCUT2D eigenvalue weighted by Crippen LogP contribution is 2.26. The van der Waals surface area contributed by atoms with Crippen molar-refractivity contribution in [3.63, 3.8) is 0 Å². The maximum atomic E-state index is 5.71. The largest absolute Gasteiger partial charge is 0.479 e. The minimum atomic E-state index is 0.343. The van der Waals surface area contributed by atoms with Crippen LogP contribution in [0.25, 0.3) is 0 Å². The molecule has 1 aromatic heterocycles. The van der Waals surface area contributed by atoms with Gasteiger partial charge in [0.2, 0.25) is 11.8 Å². The maximum Gasteiger partial charge on any atom is 0.244 e. The first kappa shape index (κ1) is 10.6. The lowest BCUT2D eigenvalue weighted by Crippen LogP contribution is -2.08. The van der Waals surface area contributed by atoms with Crippen LogP contribution in [0.2, 0.25) is 0 Å². The van der Waals surface area contributed by atoms with Gasteiger partial charge in [-0.05, 0) is 5.92 Å². The number of ether oxygens (including phenoxy) is 2. The van der Waals surface area contributed by atoms with E-state index in [-0.39, 0.29) is 0 Å². The Morgan fingerprint density at radius 3 is 2.57 bits per heavy atom. The summed E-state index contributed by atoms with van der Waals surface area (Å²) in [5.41, 5.74) is 6.05. The van der Waals surface area contributed by atoms with E-state index in [1.54, 1.807) is 0 Å². The Kier molecular flexibility index (Phi) is 3.50. The van der Waals surface area contributed by atoms with Gasteiger partial charge in [0.25, 0.3) is 0 Å². The van der Waals surface area contributed by atoms with Gasteiger partial charge in [0.05, 0.1) is 13.7 Å². The number of methoxy groups -OCH3 is 1. The first-order valence-electron chi connectivity index (χ1n) is 4.42. The summed E-state index contributed by atoms with van der Waals surface area (Å²) in [5, 5.41) is 0. The molecule has 1 aromatic rings. The highest BCUT2D eigenvalue weighted by molar-refractivity contribution is 5.55. The molecule has 1 heterocycles. The lowest BCUT2D eigenvalue weighted by Gasteiger charge is -2.10. The third kappa shape index (κ3) is 2.48. The minimum absolute atomic E-state index is 0.343. The molecule has 5 nitrogen and oxygen atoms in total. The topological polar surface area (TPSA) is 70.3 Å². The molecule has 0 saturated heterocycles. The van der Waals surface area contributed by atoms with Crippen LogP contribution >= 0.6 is 0 Å². The summed E-state index contributed by atoms with van der Waals surface area (Å²) < 4.78 is 10.3. The van der Waals surface area contributed by atoms with Crippen molar-refractivity contribution >= 4 is 5.69 Å². The van der Waals surface area contributed by atoms with E-state index < -0.39 is 0 Å². The summed E-state index contributed by atoms with van der Waals surface area (Å²) in [7, 11) is 1.50. The molecular formula is C9H15N3O2. The Labute approximate surface area is 83.3 Å². The van der Waals surface area contributed by atoms with Crippen LogP contribution in [0.15, 0.2) is 6.33 Å². The molecule has 0 aliphatic heterocycles. The molecule has 5 heteroatoms. The fourth-order valence-corrected chi connectivity index (χ4v) is 0.888. The zero-order valence-electron chi connectivity index (χ0n) is 8.65. The number of rotatable bonds is 4. The van der Waals surface area contributed by atoms with Crippen molar-refractivity contribution in [3.05, 3.63) is 6.33 Å². The number of hydrogen-bond donors (Lipinski definition) is 1. The quantitative estimate of drug-likeness (QED) is 0.782. The van der Waals surface area contributed by atoms with Crippen molar-refractivity contribution in [2.75, 3.05) is 19.5 Å². The predicted octanol–water partition coefficient (Wildman–Crippen LogP) is 1.10. The summed E-state index contributed by atoms with van der Waals surface area (Å²) in [6, 6.07) is 0. The Bertz CT molecular complexity index is 302. The highest BCUT2D eigenvalue weighted by Gasteiger charge is 2.09. The van der Waals surface area contributed by atoms with Crippen molar-refractivity contribution in [2.24, 2.45) is 5.92 Å². The number of hydrogen-bond acceptors (Lipinski definition) is 5. The number of aromatic nitrogens is 2. The fourth-order valence-electron chi connectivity index (χ4n) is 0.888. The molecular weight excluding hydrogens is 182 g/mol. The standard InChI is InChI=1S/C9H15N3O2/c1-6(2)4-14-9-7(10)8(13-3)11-5-12-9/h5-6H,4,10H2,1-3H3. The molecule has 0 spiro atoms. The van der Waals surface area contributed by atoms with E-state index in [2.05, 4.69) is 23.8 Å². The van der Waals surface area contributed by atoms with Crippen molar-refractivity contribution < 1.29 is 9.47 Å². The van der Waals surface area contributed by atoms with E-state index in [4.69, 9.17) is 15.2 Å². The van der Waals surface area contributed by atoms with Gasteiger partial charge in [0.1, 0.15) is 6.33 Å². The summed E-state index contributed by atoms with van der Waals surface area (Å²) in [6.07, 6.45) is 1.37. The fraction of sp³-hybridized carbons (Fsp3) is 0.556. The van der Waals surface area contributed by atoms with Gasteiger partial charge in [0.15, 0.2) is 5.69 Å². The first-order chi connectivity index (χ1) is 6.65. The van der Waals surface area contributed by atoms with Gasteiger partial charge in [-0.3, -0.25) is 0 Å². The van der Waals surface area contributed by atoms with Crippen LogP contribution in [0.4, 0.5) is 5.69 Å². The molecule has 0 bridgehead atoms. The maximum absolute atomic E-state index is 5.71. The predicted molar refractivity (Wildman–Crippen MR) is 53.3 cm³/mol. The lowest BCUT2D eigenvalue weighted by atomic mass is 10.2. The van der Waals surface area contributed by atoms with E-state index in [1.165, 1.54) is 13.4 Å². The van der Waals surface area contributed by atoms with E-state index >= 15 is 0 Å². The third-order valence-corrected chi connectivity index (χ3v) is 1.56. The van der Waals surface area contributed by atoms with Crippen LogP contribution in [-0.4, -0.2) is 23.7 Å². The molecule has 0 atom stereocenters. The molecule has 2 N–H and O–H groups in total. The molecule has 78 valence electrons. The Morgan fingerprint density at radius 1 is 1.36 bits per heavy atom. The molecule has 0 fully saturated rings. The molecule has 0 unspecified atom stereocenters. The van der Waals surface area contributed by atoms with E-state index in [0.29, 0.717) is 30.0 Å². The van der Waals surface area contributed by atoms with Gasteiger partial charge >= 0.3 is 0 Å². The zero-order chi connectivity index (χ0) is 10.6. The molecule has 0 aliphatic carbocycles. The van der Waals surface area contributed by atoms with Crippen LogP contribution in [-0.2, 0) is 0 Å². The van der Waals surface area contributed by atoms with Gasteiger partial charge in [-0.25, -0.2) is 0 Å². The first-order valence-corrected chi connectivity index (χ1v) is 4.42. The zero-order valence-corrected chi connectivity index (χ0v) is 8.65. The third-order valence-electron chi connectivity index (χ3n) is 1.56. The monoisotopic (exact) mass is 197 g/mol. The number of nitrogen functional groups attached to an aromatic ring is 1. The van der Waals surface area contributed by atoms with E-state index in [1.807, 2.05) is 0 Å². The van der Waals surface area contributed by atoms with Crippen LogP contribution in [0.5, 0.6) is 11.8 Å². The van der Waals surface area contributed by atoms with Crippen molar-refractivity contribution in [1.82, 2.24) is 9.97 Å². The molecule has 0 saturated carbocycles.